The number of aromatic nitrogens is 3. The standard InChI is InChI=1S/C14H19FN6/c1-5-16-12-18-13(20-14(19-12)21(3)4)17-10-6-7-11(15)9(2)8-10/h6-8H,5H2,1-4H3,(H2,16,17,18,19,20). The second kappa shape index (κ2) is 6.34. The summed E-state index contributed by atoms with van der Waals surface area (Å²) in [6.07, 6.45) is 0. The Morgan fingerprint density at radius 1 is 1.14 bits per heavy atom. The second-order valence-electron chi connectivity index (χ2n) is 4.80. The zero-order valence-corrected chi connectivity index (χ0v) is 12.6. The minimum atomic E-state index is -0.237. The molecule has 7 heteroatoms. The summed E-state index contributed by atoms with van der Waals surface area (Å²) in [5.41, 5.74) is 1.29. The van der Waals surface area contributed by atoms with Crippen molar-refractivity contribution in [2.45, 2.75) is 13.8 Å². The summed E-state index contributed by atoms with van der Waals surface area (Å²) in [4.78, 5) is 14.7. The fourth-order valence-corrected chi connectivity index (χ4v) is 1.71. The van der Waals surface area contributed by atoms with Gasteiger partial charge >= 0.3 is 0 Å². The normalized spacial score (nSPS) is 10.3. The minimum absolute atomic E-state index is 0.237. The van der Waals surface area contributed by atoms with Crippen molar-refractivity contribution in [1.29, 1.82) is 0 Å². The minimum Gasteiger partial charge on any atom is -0.354 e. The zero-order valence-electron chi connectivity index (χ0n) is 12.6. The summed E-state index contributed by atoms with van der Waals surface area (Å²) < 4.78 is 13.3. The maximum absolute atomic E-state index is 13.3. The molecule has 0 radical (unpaired) electrons. The van der Waals surface area contributed by atoms with Crippen LogP contribution >= 0.6 is 0 Å². The van der Waals surface area contributed by atoms with Crippen LogP contribution < -0.4 is 15.5 Å². The average molecular weight is 290 g/mol. The van der Waals surface area contributed by atoms with Gasteiger partial charge in [0.15, 0.2) is 0 Å². The molecule has 6 nitrogen and oxygen atoms in total. The highest BCUT2D eigenvalue weighted by Gasteiger charge is 2.08. The molecule has 1 aromatic heterocycles. The highest BCUT2D eigenvalue weighted by atomic mass is 19.1. The first-order valence-corrected chi connectivity index (χ1v) is 6.70. The molecule has 0 spiro atoms. The number of benzene rings is 1. The van der Waals surface area contributed by atoms with Crippen molar-refractivity contribution >= 4 is 23.5 Å². The molecule has 0 aliphatic heterocycles. The molecule has 2 aromatic rings. The molecule has 0 aliphatic carbocycles. The molecule has 0 saturated carbocycles. The maximum Gasteiger partial charge on any atom is 0.233 e. The Morgan fingerprint density at radius 3 is 2.48 bits per heavy atom. The van der Waals surface area contributed by atoms with Gasteiger partial charge in [0.1, 0.15) is 5.82 Å². The number of nitrogens with zero attached hydrogens (tertiary/aromatic N) is 4. The van der Waals surface area contributed by atoms with Crippen LogP contribution in [0.1, 0.15) is 12.5 Å². The molecule has 112 valence electrons. The van der Waals surface area contributed by atoms with Gasteiger partial charge < -0.3 is 15.5 Å². The van der Waals surface area contributed by atoms with Gasteiger partial charge in [-0.05, 0) is 37.6 Å². The predicted molar refractivity (Wildman–Crippen MR) is 82.7 cm³/mol. The zero-order chi connectivity index (χ0) is 15.4. The molecule has 0 fully saturated rings. The summed E-state index contributed by atoms with van der Waals surface area (Å²) in [5.74, 6) is 1.22. The van der Waals surface area contributed by atoms with Crippen LogP contribution in [0.4, 0.5) is 27.9 Å². The van der Waals surface area contributed by atoms with Crippen molar-refractivity contribution < 1.29 is 4.39 Å². The lowest BCUT2D eigenvalue weighted by atomic mass is 10.2. The topological polar surface area (TPSA) is 66.0 Å². The van der Waals surface area contributed by atoms with Crippen LogP contribution in [0.5, 0.6) is 0 Å². The summed E-state index contributed by atoms with van der Waals surface area (Å²) >= 11 is 0. The van der Waals surface area contributed by atoms with E-state index < -0.39 is 0 Å². The second-order valence-corrected chi connectivity index (χ2v) is 4.80. The van der Waals surface area contributed by atoms with E-state index in [9.17, 15) is 4.39 Å². The first-order valence-electron chi connectivity index (χ1n) is 6.70. The van der Waals surface area contributed by atoms with Crippen LogP contribution in [0, 0.1) is 12.7 Å². The molecule has 2 rings (SSSR count). The third-order valence-electron chi connectivity index (χ3n) is 2.77. The Labute approximate surface area is 123 Å². The number of anilines is 4. The van der Waals surface area contributed by atoms with E-state index in [-0.39, 0.29) is 5.82 Å². The molecular weight excluding hydrogens is 271 g/mol. The lowest BCUT2D eigenvalue weighted by molar-refractivity contribution is 0.619. The van der Waals surface area contributed by atoms with Gasteiger partial charge in [-0.3, -0.25) is 0 Å². The summed E-state index contributed by atoms with van der Waals surface area (Å²) in [6.45, 7) is 4.39. The molecular formula is C14H19FN6. The van der Waals surface area contributed by atoms with Crippen molar-refractivity contribution in [3.8, 4) is 0 Å². The van der Waals surface area contributed by atoms with Crippen LogP contribution in [0.2, 0.25) is 0 Å². The molecule has 0 amide bonds. The SMILES string of the molecule is CCNc1nc(Nc2ccc(F)c(C)c2)nc(N(C)C)n1. The Bertz CT molecular complexity index is 629. The van der Waals surface area contributed by atoms with E-state index in [1.165, 1.54) is 6.07 Å². The van der Waals surface area contributed by atoms with Gasteiger partial charge in [-0.25, -0.2) is 4.39 Å². The van der Waals surface area contributed by atoms with Gasteiger partial charge in [-0.2, -0.15) is 15.0 Å². The molecule has 0 saturated heterocycles. The Hall–Kier alpha value is -2.44. The maximum atomic E-state index is 13.3. The summed E-state index contributed by atoms with van der Waals surface area (Å²) in [5, 5.41) is 6.13. The fraction of sp³-hybridized carbons (Fsp3) is 0.357. The van der Waals surface area contributed by atoms with Gasteiger partial charge in [0.2, 0.25) is 17.8 Å². The third-order valence-corrected chi connectivity index (χ3v) is 2.77. The van der Waals surface area contributed by atoms with E-state index in [4.69, 9.17) is 0 Å². The van der Waals surface area contributed by atoms with E-state index in [1.54, 1.807) is 24.0 Å². The highest BCUT2D eigenvalue weighted by Crippen LogP contribution is 2.19. The Morgan fingerprint density at radius 2 is 1.86 bits per heavy atom. The molecule has 1 aromatic carbocycles. The van der Waals surface area contributed by atoms with Crippen LogP contribution in [0.3, 0.4) is 0 Å². The predicted octanol–water partition coefficient (Wildman–Crippen LogP) is 2.56. The molecule has 0 atom stereocenters. The van der Waals surface area contributed by atoms with Crippen LogP contribution in [0.25, 0.3) is 0 Å². The number of aryl methyl sites for hydroxylation is 1. The lowest BCUT2D eigenvalue weighted by Gasteiger charge is -2.14. The van der Waals surface area contributed by atoms with Gasteiger partial charge in [0.05, 0.1) is 0 Å². The van der Waals surface area contributed by atoms with E-state index in [2.05, 4.69) is 25.6 Å². The fourth-order valence-electron chi connectivity index (χ4n) is 1.71. The first-order chi connectivity index (χ1) is 9.99. The molecule has 2 N–H and O–H groups in total. The summed E-state index contributed by atoms with van der Waals surface area (Å²) in [7, 11) is 3.72. The van der Waals surface area contributed by atoms with E-state index in [0.717, 1.165) is 5.69 Å². The first kappa shape index (κ1) is 15.0. The number of rotatable bonds is 5. The molecule has 0 unspecified atom stereocenters. The van der Waals surface area contributed by atoms with Gasteiger partial charge in [-0.1, -0.05) is 0 Å². The van der Waals surface area contributed by atoms with Crippen LogP contribution in [-0.4, -0.2) is 35.6 Å². The number of hydrogen-bond donors (Lipinski definition) is 2. The number of nitrogens with one attached hydrogen (secondary N) is 2. The smallest absolute Gasteiger partial charge is 0.233 e. The Kier molecular flexibility index (Phi) is 4.52. The van der Waals surface area contributed by atoms with Crippen molar-refractivity contribution in [2.24, 2.45) is 0 Å². The molecule has 21 heavy (non-hydrogen) atoms. The molecule has 0 bridgehead atoms. The Balaban J connectivity index is 2.31. The number of hydrogen-bond acceptors (Lipinski definition) is 6. The van der Waals surface area contributed by atoms with E-state index in [1.807, 2.05) is 21.0 Å². The van der Waals surface area contributed by atoms with Crippen molar-refractivity contribution in [2.75, 3.05) is 36.2 Å². The van der Waals surface area contributed by atoms with Crippen molar-refractivity contribution in [3.05, 3.63) is 29.6 Å². The quantitative estimate of drug-likeness (QED) is 0.882. The third kappa shape index (κ3) is 3.77. The monoisotopic (exact) mass is 290 g/mol. The molecule has 0 aliphatic rings. The van der Waals surface area contributed by atoms with E-state index >= 15 is 0 Å². The van der Waals surface area contributed by atoms with E-state index in [0.29, 0.717) is 30.0 Å². The highest BCUT2D eigenvalue weighted by molar-refractivity contribution is 5.56. The number of halogens is 1. The molecule has 1 heterocycles. The average Bonchev–Trinajstić information content (AvgIpc) is 2.43. The van der Waals surface area contributed by atoms with Crippen molar-refractivity contribution in [3.63, 3.8) is 0 Å². The van der Waals surface area contributed by atoms with Gasteiger partial charge in [0, 0.05) is 26.3 Å². The van der Waals surface area contributed by atoms with Gasteiger partial charge in [0.25, 0.3) is 0 Å². The van der Waals surface area contributed by atoms with Gasteiger partial charge in [-0.15, -0.1) is 0 Å². The summed E-state index contributed by atoms with van der Waals surface area (Å²) in [6, 6.07) is 4.77. The lowest BCUT2D eigenvalue weighted by Crippen LogP contribution is -2.16. The van der Waals surface area contributed by atoms with Crippen molar-refractivity contribution in [1.82, 2.24) is 15.0 Å². The van der Waals surface area contributed by atoms with Crippen LogP contribution in [-0.2, 0) is 0 Å². The van der Waals surface area contributed by atoms with Crippen LogP contribution in [0.15, 0.2) is 18.2 Å². The largest absolute Gasteiger partial charge is 0.354 e.